The quantitative estimate of drug-likeness (QED) is 0.762. The van der Waals surface area contributed by atoms with Gasteiger partial charge in [0.05, 0.1) is 11.4 Å². The highest BCUT2D eigenvalue weighted by molar-refractivity contribution is 5.72. The van der Waals surface area contributed by atoms with Crippen molar-refractivity contribution >= 4 is 17.1 Å². The molecule has 16 heavy (non-hydrogen) atoms. The first-order valence-electron chi connectivity index (χ1n) is 4.73. The summed E-state index contributed by atoms with van der Waals surface area (Å²) in [6.07, 6.45) is 0. The van der Waals surface area contributed by atoms with Gasteiger partial charge in [0.15, 0.2) is 0 Å². The number of benzene rings is 2. The van der Waals surface area contributed by atoms with Crippen molar-refractivity contribution in [3.63, 3.8) is 0 Å². The van der Waals surface area contributed by atoms with E-state index in [1.165, 1.54) is 30.3 Å². The van der Waals surface area contributed by atoms with Crippen molar-refractivity contribution in [1.29, 1.82) is 0 Å². The Morgan fingerprint density at radius 2 is 1.75 bits per heavy atom. The zero-order valence-electron chi connectivity index (χ0n) is 8.37. The minimum absolute atomic E-state index is 0.160. The number of hydrogen-bond donors (Lipinski definition) is 2. The van der Waals surface area contributed by atoms with Crippen molar-refractivity contribution in [2.24, 2.45) is 0 Å². The average molecular weight is 220 g/mol. The van der Waals surface area contributed by atoms with Crippen LogP contribution in [0.5, 0.6) is 0 Å². The van der Waals surface area contributed by atoms with E-state index in [9.17, 15) is 8.78 Å². The van der Waals surface area contributed by atoms with Crippen LogP contribution in [0.3, 0.4) is 0 Å². The number of para-hydroxylation sites is 1. The number of rotatable bonds is 2. The molecule has 3 N–H and O–H groups in total. The Labute approximate surface area is 91.7 Å². The van der Waals surface area contributed by atoms with Gasteiger partial charge in [-0.15, -0.1) is 0 Å². The SMILES string of the molecule is Nc1cccc(F)c1Nc1cccc(F)c1. The summed E-state index contributed by atoms with van der Waals surface area (Å²) in [7, 11) is 0. The van der Waals surface area contributed by atoms with Crippen LogP contribution in [-0.2, 0) is 0 Å². The van der Waals surface area contributed by atoms with Gasteiger partial charge in [0.1, 0.15) is 11.6 Å². The second-order valence-corrected chi connectivity index (χ2v) is 3.34. The smallest absolute Gasteiger partial charge is 0.148 e. The Hall–Kier alpha value is -2.10. The standard InChI is InChI=1S/C12H10F2N2/c13-8-3-1-4-9(7-8)16-12-10(14)5-2-6-11(12)15/h1-7,16H,15H2. The van der Waals surface area contributed by atoms with Crippen molar-refractivity contribution in [2.45, 2.75) is 0 Å². The molecule has 0 saturated heterocycles. The van der Waals surface area contributed by atoms with E-state index in [1.54, 1.807) is 12.1 Å². The summed E-state index contributed by atoms with van der Waals surface area (Å²) < 4.78 is 26.3. The Morgan fingerprint density at radius 1 is 1.00 bits per heavy atom. The molecular formula is C12H10F2N2. The topological polar surface area (TPSA) is 38.0 Å². The van der Waals surface area contributed by atoms with Crippen molar-refractivity contribution in [2.75, 3.05) is 11.1 Å². The van der Waals surface area contributed by atoms with Crippen LogP contribution in [0.4, 0.5) is 25.8 Å². The van der Waals surface area contributed by atoms with Crippen molar-refractivity contribution in [3.05, 3.63) is 54.1 Å². The molecule has 0 heterocycles. The van der Waals surface area contributed by atoms with Crippen LogP contribution in [0.15, 0.2) is 42.5 Å². The Morgan fingerprint density at radius 3 is 2.44 bits per heavy atom. The first kappa shape index (κ1) is 10.4. The van der Waals surface area contributed by atoms with E-state index >= 15 is 0 Å². The van der Waals surface area contributed by atoms with Crippen LogP contribution in [0.2, 0.25) is 0 Å². The lowest BCUT2D eigenvalue weighted by molar-refractivity contribution is 0.627. The summed E-state index contributed by atoms with van der Waals surface area (Å²) in [5.41, 5.74) is 6.51. The molecule has 4 heteroatoms. The molecule has 2 aromatic carbocycles. The maximum atomic E-state index is 13.4. The van der Waals surface area contributed by atoms with Gasteiger partial charge in [0.2, 0.25) is 0 Å². The van der Waals surface area contributed by atoms with E-state index in [0.717, 1.165) is 0 Å². The monoisotopic (exact) mass is 220 g/mol. The molecule has 0 fully saturated rings. The first-order chi connectivity index (χ1) is 7.66. The molecule has 0 unspecified atom stereocenters. The summed E-state index contributed by atoms with van der Waals surface area (Å²) >= 11 is 0. The Bertz CT molecular complexity index is 492. The molecule has 0 atom stereocenters. The molecule has 0 saturated carbocycles. The normalized spacial score (nSPS) is 10.1. The molecule has 0 aliphatic rings. The van der Waals surface area contributed by atoms with E-state index in [1.807, 2.05) is 0 Å². The fourth-order valence-corrected chi connectivity index (χ4v) is 1.38. The molecule has 0 bridgehead atoms. The molecule has 82 valence electrons. The minimum Gasteiger partial charge on any atom is -0.397 e. The number of hydrogen-bond acceptors (Lipinski definition) is 2. The number of halogens is 2. The van der Waals surface area contributed by atoms with Crippen molar-refractivity contribution < 1.29 is 8.78 Å². The van der Waals surface area contributed by atoms with Gasteiger partial charge in [-0.1, -0.05) is 12.1 Å². The number of nitrogens with two attached hydrogens (primary N) is 1. The molecule has 2 rings (SSSR count). The van der Waals surface area contributed by atoms with Crippen LogP contribution >= 0.6 is 0 Å². The third kappa shape index (κ3) is 2.11. The van der Waals surface area contributed by atoms with Crippen LogP contribution < -0.4 is 11.1 Å². The van der Waals surface area contributed by atoms with Gasteiger partial charge in [0.25, 0.3) is 0 Å². The molecule has 0 amide bonds. The minimum atomic E-state index is -0.468. The van der Waals surface area contributed by atoms with Gasteiger partial charge >= 0.3 is 0 Å². The van der Waals surface area contributed by atoms with Gasteiger partial charge in [0, 0.05) is 5.69 Å². The van der Waals surface area contributed by atoms with Gasteiger partial charge in [-0.05, 0) is 30.3 Å². The van der Waals surface area contributed by atoms with Gasteiger partial charge in [-0.3, -0.25) is 0 Å². The highest BCUT2D eigenvalue weighted by Crippen LogP contribution is 2.26. The van der Waals surface area contributed by atoms with E-state index in [4.69, 9.17) is 5.73 Å². The highest BCUT2D eigenvalue weighted by atomic mass is 19.1. The molecule has 2 aromatic rings. The van der Waals surface area contributed by atoms with Crippen LogP contribution in [0, 0.1) is 11.6 Å². The van der Waals surface area contributed by atoms with E-state index in [-0.39, 0.29) is 17.2 Å². The zero-order valence-corrected chi connectivity index (χ0v) is 8.37. The van der Waals surface area contributed by atoms with E-state index < -0.39 is 5.82 Å². The van der Waals surface area contributed by atoms with Gasteiger partial charge in [-0.25, -0.2) is 8.78 Å². The summed E-state index contributed by atoms with van der Waals surface area (Å²) in [6, 6.07) is 10.1. The number of anilines is 3. The molecule has 0 aliphatic carbocycles. The maximum Gasteiger partial charge on any atom is 0.148 e. The van der Waals surface area contributed by atoms with Crippen LogP contribution in [-0.4, -0.2) is 0 Å². The second kappa shape index (κ2) is 4.18. The lowest BCUT2D eigenvalue weighted by Crippen LogP contribution is -1.99. The van der Waals surface area contributed by atoms with Gasteiger partial charge in [-0.2, -0.15) is 0 Å². The Kier molecular flexibility index (Phi) is 2.72. The zero-order chi connectivity index (χ0) is 11.5. The highest BCUT2D eigenvalue weighted by Gasteiger charge is 2.06. The summed E-state index contributed by atoms with van der Waals surface area (Å²) in [4.78, 5) is 0. The maximum absolute atomic E-state index is 13.4. The second-order valence-electron chi connectivity index (χ2n) is 3.34. The third-order valence-corrected chi connectivity index (χ3v) is 2.14. The third-order valence-electron chi connectivity index (χ3n) is 2.14. The lowest BCUT2D eigenvalue weighted by atomic mass is 10.2. The van der Waals surface area contributed by atoms with Crippen molar-refractivity contribution in [3.8, 4) is 0 Å². The fourth-order valence-electron chi connectivity index (χ4n) is 1.38. The van der Waals surface area contributed by atoms with Crippen molar-refractivity contribution in [1.82, 2.24) is 0 Å². The molecule has 0 spiro atoms. The van der Waals surface area contributed by atoms with Crippen LogP contribution in [0.1, 0.15) is 0 Å². The van der Waals surface area contributed by atoms with E-state index in [2.05, 4.69) is 5.32 Å². The van der Waals surface area contributed by atoms with Crippen LogP contribution in [0.25, 0.3) is 0 Å². The summed E-state index contributed by atoms with van der Waals surface area (Å²) in [6.45, 7) is 0. The summed E-state index contributed by atoms with van der Waals surface area (Å²) in [5, 5.41) is 2.74. The lowest BCUT2D eigenvalue weighted by Gasteiger charge is -2.10. The molecule has 2 nitrogen and oxygen atoms in total. The Balaban J connectivity index is 2.34. The average Bonchev–Trinajstić information content (AvgIpc) is 2.24. The molecule has 0 aromatic heterocycles. The largest absolute Gasteiger partial charge is 0.397 e. The number of nitrogens with one attached hydrogen (secondary N) is 1. The fraction of sp³-hybridized carbons (Fsp3) is 0. The first-order valence-corrected chi connectivity index (χ1v) is 4.73. The predicted octanol–water partition coefficient (Wildman–Crippen LogP) is 3.29. The van der Waals surface area contributed by atoms with E-state index in [0.29, 0.717) is 5.69 Å². The molecular weight excluding hydrogens is 210 g/mol. The van der Waals surface area contributed by atoms with Gasteiger partial charge < -0.3 is 11.1 Å². The predicted molar refractivity (Wildman–Crippen MR) is 60.5 cm³/mol. The molecule has 0 aliphatic heterocycles. The summed E-state index contributed by atoms with van der Waals surface area (Å²) in [5.74, 6) is -0.857. The number of nitrogen functional groups attached to an aromatic ring is 1. The molecule has 0 radical (unpaired) electrons.